The Balaban J connectivity index is 2.41. The Morgan fingerprint density at radius 2 is 2.18 bits per heavy atom. The van der Waals surface area contributed by atoms with Crippen molar-refractivity contribution >= 4 is 11.8 Å². The number of carboxylic acid groups (broad SMARTS) is 1. The molecule has 2 aromatic rings. The highest BCUT2D eigenvalue weighted by atomic mass is 16.4. The number of nitrogen functional groups attached to an aromatic ring is 1. The highest BCUT2D eigenvalue weighted by Gasteiger charge is 2.11. The molecule has 5 nitrogen and oxygen atoms in total. The predicted molar refractivity (Wildman–Crippen MR) is 64.1 cm³/mol. The van der Waals surface area contributed by atoms with Crippen molar-refractivity contribution < 1.29 is 9.90 Å². The molecule has 1 aromatic carbocycles. The lowest BCUT2D eigenvalue weighted by Gasteiger charge is -2.04. The van der Waals surface area contributed by atoms with Crippen molar-refractivity contribution in [1.82, 2.24) is 9.78 Å². The molecule has 0 aliphatic heterocycles. The number of para-hydroxylation sites is 1. The SMILES string of the molecule is Cc1ccccc1-n1cc(CC(=O)O)c(N)n1. The van der Waals surface area contributed by atoms with Gasteiger partial charge in [0.25, 0.3) is 0 Å². The van der Waals surface area contributed by atoms with E-state index in [1.54, 1.807) is 10.9 Å². The fraction of sp³-hybridized carbons (Fsp3) is 0.167. The van der Waals surface area contributed by atoms with Crippen LogP contribution < -0.4 is 5.73 Å². The van der Waals surface area contributed by atoms with Gasteiger partial charge in [0.15, 0.2) is 0 Å². The van der Waals surface area contributed by atoms with E-state index in [-0.39, 0.29) is 12.2 Å². The second-order valence-corrected chi connectivity index (χ2v) is 3.84. The second kappa shape index (κ2) is 4.29. The molecule has 5 heteroatoms. The van der Waals surface area contributed by atoms with Crippen LogP contribution in [0.2, 0.25) is 0 Å². The summed E-state index contributed by atoms with van der Waals surface area (Å²) >= 11 is 0. The van der Waals surface area contributed by atoms with E-state index in [0.29, 0.717) is 5.56 Å². The van der Waals surface area contributed by atoms with E-state index >= 15 is 0 Å². The molecule has 0 spiro atoms. The summed E-state index contributed by atoms with van der Waals surface area (Å²) in [6.07, 6.45) is 1.55. The zero-order valence-electron chi connectivity index (χ0n) is 9.42. The number of aryl methyl sites for hydroxylation is 1. The van der Waals surface area contributed by atoms with Gasteiger partial charge < -0.3 is 10.8 Å². The largest absolute Gasteiger partial charge is 0.481 e. The smallest absolute Gasteiger partial charge is 0.308 e. The molecule has 3 N–H and O–H groups in total. The fourth-order valence-corrected chi connectivity index (χ4v) is 1.67. The summed E-state index contributed by atoms with van der Waals surface area (Å²) in [5.74, 6) is -0.656. The van der Waals surface area contributed by atoms with Crippen molar-refractivity contribution in [3.63, 3.8) is 0 Å². The van der Waals surface area contributed by atoms with Crippen molar-refractivity contribution in [2.75, 3.05) is 5.73 Å². The molecule has 0 saturated carbocycles. The van der Waals surface area contributed by atoms with Gasteiger partial charge in [0.2, 0.25) is 0 Å². The highest BCUT2D eigenvalue weighted by molar-refractivity contribution is 5.72. The van der Waals surface area contributed by atoms with Crippen molar-refractivity contribution in [3.05, 3.63) is 41.6 Å². The Bertz CT molecular complexity index is 561. The number of nitrogens with two attached hydrogens (primary N) is 1. The minimum Gasteiger partial charge on any atom is -0.481 e. The molecule has 0 aliphatic carbocycles. The molecule has 17 heavy (non-hydrogen) atoms. The van der Waals surface area contributed by atoms with E-state index in [4.69, 9.17) is 10.8 Å². The van der Waals surface area contributed by atoms with Crippen molar-refractivity contribution in [2.24, 2.45) is 0 Å². The van der Waals surface area contributed by atoms with Crippen LogP contribution in [0.15, 0.2) is 30.5 Å². The Hall–Kier alpha value is -2.30. The number of benzene rings is 1. The zero-order chi connectivity index (χ0) is 12.4. The third-order valence-electron chi connectivity index (χ3n) is 2.53. The molecule has 88 valence electrons. The van der Waals surface area contributed by atoms with Gasteiger partial charge in [-0.05, 0) is 18.6 Å². The molecule has 0 bridgehead atoms. The summed E-state index contributed by atoms with van der Waals surface area (Å²) in [5, 5.41) is 12.9. The van der Waals surface area contributed by atoms with Crippen molar-refractivity contribution in [3.8, 4) is 5.69 Å². The van der Waals surface area contributed by atoms with Crippen LogP contribution in [-0.2, 0) is 11.2 Å². The molecular formula is C12H13N3O2. The maximum atomic E-state index is 10.6. The first-order chi connectivity index (χ1) is 8.08. The van der Waals surface area contributed by atoms with Crippen molar-refractivity contribution in [1.29, 1.82) is 0 Å². The number of anilines is 1. The summed E-state index contributed by atoms with van der Waals surface area (Å²) in [5.41, 5.74) is 8.16. The van der Waals surface area contributed by atoms with Gasteiger partial charge in [0.1, 0.15) is 5.82 Å². The van der Waals surface area contributed by atoms with E-state index in [9.17, 15) is 4.79 Å². The highest BCUT2D eigenvalue weighted by Crippen LogP contribution is 2.17. The van der Waals surface area contributed by atoms with Gasteiger partial charge in [-0.3, -0.25) is 4.79 Å². The third kappa shape index (κ3) is 2.28. The van der Waals surface area contributed by atoms with Crippen LogP contribution >= 0.6 is 0 Å². The molecule has 2 rings (SSSR count). The Kier molecular flexibility index (Phi) is 2.82. The van der Waals surface area contributed by atoms with Gasteiger partial charge in [0.05, 0.1) is 12.1 Å². The second-order valence-electron chi connectivity index (χ2n) is 3.84. The summed E-state index contributed by atoms with van der Waals surface area (Å²) < 4.78 is 1.61. The van der Waals surface area contributed by atoms with E-state index in [0.717, 1.165) is 11.3 Å². The number of hydrogen-bond acceptors (Lipinski definition) is 3. The first-order valence-electron chi connectivity index (χ1n) is 5.19. The van der Waals surface area contributed by atoms with Crippen LogP contribution in [0, 0.1) is 6.92 Å². The molecule has 0 amide bonds. The van der Waals surface area contributed by atoms with E-state index in [1.807, 2.05) is 31.2 Å². The molecule has 0 atom stereocenters. The molecule has 0 saturated heterocycles. The van der Waals surface area contributed by atoms with Crippen LogP contribution in [-0.4, -0.2) is 20.9 Å². The van der Waals surface area contributed by atoms with Gasteiger partial charge in [-0.1, -0.05) is 18.2 Å². The van der Waals surface area contributed by atoms with Crippen LogP contribution in [0.3, 0.4) is 0 Å². The van der Waals surface area contributed by atoms with Gasteiger partial charge >= 0.3 is 5.97 Å². The van der Waals surface area contributed by atoms with Gasteiger partial charge in [-0.2, -0.15) is 5.10 Å². The number of hydrogen-bond donors (Lipinski definition) is 2. The average molecular weight is 231 g/mol. The molecule has 0 radical (unpaired) electrons. The number of carboxylic acids is 1. The lowest BCUT2D eigenvalue weighted by molar-refractivity contribution is -0.136. The molecule has 0 aliphatic rings. The lowest BCUT2D eigenvalue weighted by atomic mass is 10.2. The average Bonchev–Trinajstić information content (AvgIpc) is 2.60. The normalized spacial score (nSPS) is 10.4. The quantitative estimate of drug-likeness (QED) is 0.836. The number of nitrogens with zero attached hydrogens (tertiary/aromatic N) is 2. The Labute approximate surface area is 98.5 Å². The van der Waals surface area contributed by atoms with Crippen LogP contribution in [0.4, 0.5) is 5.82 Å². The maximum Gasteiger partial charge on any atom is 0.308 e. The number of aromatic nitrogens is 2. The zero-order valence-corrected chi connectivity index (χ0v) is 9.42. The number of carbonyl (C=O) groups is 1. The molecule has 0 unspecified atom stereocenters. The standard InChI is InChI=1S/C12H13N3O2/c1-8-4-2-3-5-10(8)15-7-9(6-11(16)17)12(13)14-15/h2-5,7H,6H2,1H3,(H2,13,14)(H,16,17). The van der Waals surface area contributed by atoms with E-state index in [2.05, 4.69) is 5.10 Å². The first kappa shape index (κ1) is 11.2. The van der Waals surface area contributed by atoms with Crippen molar-refractivity contribution in [2.45, 2.75) is 13.3 Å². The Morgan fingerprint density at radius 3 is 2.82 bits per heavy atom. The minimum absolute atomic E-state index is 0.113. The lowest BCUT2D eigenvalue weighted by Crippen LogP contribution is -2.01. The summed E-state index contributed by atoms with van der Waals surface area (Å²) in [6, 6.07) is 7.71. The maximum absolute atomic E-state index is 10.6. The predicted octanol–water partition coefficient (Wildman–Crippen LogP) is 1.39. The minimum atomic E-state index is -0.916. The van der Waals surface area contributed by atoms with Crippen LogP contribution in [0.5, 0.6) is 0 Å². The summed E-state index contributed by atoms with van der Waals surface area (Å²) in [4.78, 5) is 10.6. The number of rotatable bonds is 3. The molecule has 1 aromatic heterocycles. The summed E-state index contributed by atoms with van der Waals surface area (Å²) in [6.45, 7) is 1.96. The number of aliphatic carboxylic acids is 1. The van der Waals surface area contributed by atoms with Crippen LogP contribution in [0.25, 0.3) is 5.69 Å². The van der Waals surface area contributed by atoms with Crippen LogP contribution in [0.1, 0.15) is 11.1 Å². The van der Waals surface area contributed by atoms with E-state index < -0.39 is 5.97 Å². The van der Waals surface area contributed by atoms with Gasteiger partial charge in [-0.25, -0.2) is 4.68 Å². The fourth-order valence-electron chi connectivity index (χ4n) is 1.67. The summed E-state index contributed by atoms with van der Waals surface area (Å²) in [7, 11) is 0. The van der Waals surface area contributed by atoms with E-state index in [1.165, 1.54) is 0 Å². The monoisotopic (exact) mass is 231 g/mol. The first-order valence-corrected chi connectivity index (χ1v) is 5.19. The topological polar surface area (TPSA) is 81.1 Å². The third-order valence-corrected chi connectivity index (χ3v) is 2.53. The van der Waals surface area contributed by atoms with Gasteiger partial charge in [-0.15, -0.1) is 0 Å². The molecular weight excluding hydrogens is 218 g/mol. The Morgan fingerprint density at radius 1 is 1.47 bits per heavy atom. The van der Waals surface area contributed by atoms with Gasteiger partial charge in [0, 0.05) is 11.8 Å². The molecule has 1 heterocycles. The molecule has 0 fully saturated rings.